The molecule has 0 unspecified atom stereocenters. The number of sulfone groups is 1. The third-order valence-electron chi connectivity index (χ3n) is 3.80. The van der Waals surface area contributed by atoms with Crippen LogP contribution in [0.5, 0.6) is 0 Å². The Morgan fingerprint density at radius 3 is 2.25 bits per heavy atom. The molecule has 0 spiro atoms. The molecular formula is C13H24N2O4S. The second-order valence-electron chi connectivity index (χ2n) is 5.22. The number of hydrogen-bond acceptors (Lipinski definition) is 4. The summed E-state index contributed by atoms with van der Waals surface area (Å²) >= 11 is 0. The van der Waals surface area contributed by atoms with Crippen LogP contribution in [0.3, 0.4) is 0 Å². The third-order valence-corrected chi connectivity index (χ3v) is 5.64. The minimum Gasteiger partial charge on any atom is -0.340 e. The lowest BCUT2D eigenvalue weighted by molar-refractivity contribution is -0.150. The predicted octanol–water partition coefficient (Wildman–Crippen LogP) is 0.328. The standard InChI is InChI=1S/C13H24N2O4S/c1-4-8-20(18,19)9-7-15-10-11(16)14-13(5-2,6-3)12(15)17/h4-10H2,1-3H3,(H,14,16). The zero-order valence-electron chi connectivity index (χ0n) is 12.4. The molecule has 0 aromatic carbocycles. The van der Waals surface area contributed by atoms with Gasteiger partial charge in [0.05, 0.1) is 12.3 Å². The van der Waals surface area contributed by atoms with Gasteiger partial charge in [-0.2, -0.15) is 0 Å². The fraction of sp³-hybridized carbons (Fsp3) is 0.846. The highest BCUT2D eigenvalue weighted by Crippen LogP contribution is 2.22. The van der Waals surface area contributed by atoms with E-state index in [1.165, 1.54) is 4.90 Å². The van der Waals surface area contributed by atoms with Crippen molar-refractivity contribution in [2.45, 2.75) is 45.6 Å². The minimum absolute atomic E-state index is 0.0533. The average Bonchev–Trinajstić information content (AvgIpc) is 2.39. The second kappa shape index (κ2) is 6.56. The quantitative estimate of drug-likeness (QED) is 0.734. The van der Waals surface area contributed by atoms with Crippen LogP contribution < -0.4 is 5.32 Å². The largest absolute Gasteiger partial charge is 0.340 e. The van der Waals surface area contributed by atoms with Gasteiger partial charge in [0.15, 0.2) is 9.84 Å². The summed E-state index contributed by atoms with van der Waals surface area (Å²) in [4.78, 5) is 25.6. The highest BCUT2D eigenvalue weighted by atomic mass is 32.2. The van der Waals surface area contributed by atoms with E-state index in [0.29, 0.717) is 19.3 Å². The molecule has 1 saturated heterocycles. The van der Waals surface area contributed by atoms with Gasteiger partial charge in [-0.25, -0.2) is 8.42 Å². The van der Waals surface area contributed by atoms with Crippen LogP contribution in [0.1, 0.15) is 40.0 Å². The normalized spacial score (nSPS) is 19.1. The maximum absolute atomic E-state index is 12.4. The lowest BCUT2D eigenvalue weighted by atomic mass is 9.89. The molecular weight excluding hydrogens is 280 g/mol. The summed E-state index contributed by atoms with van der Waals surface area (Å²) in [6.45, 7) is 5.53. The zero-order chi connectivity index (χ0) is 15.4. The molecule has 0 saturated carbocycles. The monoisotopic (exact) mass is 304 g/mol. The first-order chi connectivity index (χ1) is 9.30. The van der Waals surface area contributed by atoms with Crippen molar-refractivity contribution in [3.05, 3.63) is 0 Å². The highest BCUT2D eigenvalue weighted by Gasteiger charge is 2.43. The Morgan fingerprint density at radius 2 is 1.75 bits per heavy atom. The molecule has 0 atom stereocenters. The van der Waals surface area contributed by atoms with Crippen LogP contribution >= 0.6 is 0 Å². The molecule has 1 N–H and O–H groups in total. The fourth-order valence-corrected chi connectivity index (χ4v) is 3.80. The third kappa shape index (κ3) is 3.71. The molecule has 1 aliphatic heterocycles. The van der Waals surface area contributed by atoms with Gasteiger partial charge in [0.1, 0.15) is 5.54 Å². The first kappa shape index (κ1) is 16.9. The molecule has 20 heavy (non-hydrogen) atoms. The first-order valence-electron chi connectivity index (χ1n) is 7.11. The smallest absolute Gasteiger partial charge is 0.248 e. The molecule has 0 aliphatic carbocycles. The Labute approximate surface area is 120 Å². The van der Waals surface area contributed by atoms with Crippen LogP contribution in [0.4, 0.5) is 0 Å². The number of nitrogens with one attached hydrogen (secondary N) is 1. The van der Waals surface area contributed by atoms with Gasteiger partial charge < -0.3 is 10.2 Å². The highest BCUT2D eigenvalue weighted by molar-refractivity contribution is 7.91. The number of amides is 2. The van der Waals surface area contributed by atoms with Crippen molar-refractivity contribution < 1.29 is 18.0 Å². The fourth-order valence-electron chi connectivity index (χ4n) is 2.48. The van der Waals surface area contributed by atoms with Gasteiger partial charge in [0.2, 0.25) is 11.8 Å². The number of hydrogen-bond donors (Lipinski definition) is 1. The van der Waals surface area contributed by atoms with Gasteiger partial charge in [-0.1, -0.05) is 20.8 Å². The van der Waals surface area contributed by atoms with Crippen LogP contribution in [0.25, 0.3) is 0 Å². The van der Waals surface area contributed by atoms with E-state index < -0.39 is 15.4 Å². The molecule has 1 heterocycles. The molecule has 6 nitrogen and oxygen atoms in total. The van der Waals surface area contributed by atoms with Crippen LogP contribution in [-0.4, -0.2) is 55.3 Å². The Hall–Kier alpha value is -1.11. The van der Waals surface area contributed by atoms with E-state index in [-0.39, 0.29) is 36.4 Å². The number of carbonyl (C=O) groups is 2. The minimum atomic E-state index is -3.15. The summed E-state index contributed by atoms with van der Waals surface area (Å²) < 4.78 is 23.4. The zero-order valence-corrected chi connectivity index (χ0v) is 13.3. The molecule has 0 bridgehead atoms. The summed E-state index contributed by atoms with van der Waals surface area (Å²) in [5, 5.41) is 2.75. The Morgan fingerprint density at radius 1 is 1.15 bits per heavy atom. The van der Waals surface area contributed by atoms with Crippen molar-refractivity contribution in [3.63, 3.8) is 0 Å². The van der Waals surface area contributed by atoms with E-state index in [9.17, 15) is 18.0 Å². The van der Waals surface area contributed by atoms with E-state index in [2.05, 4.69) is 5.32 Å². The lowest BCUT2D eigenvalue weighted by Gasteiger charge is -2.41. The molecule has 0 aromatic heterocycles. The number of nitrogens with zero attached hydrogens (tertiary/aromatic N) is 1. The van der Waals surface area contributed by atoms with E-state index in [0.717, 1.165) is 0 Å². The van der Waals surface area contributed by atoms with Crippen LogP contribution in [0.15, 0.2) is 0 Å². The Kier molecular flexibility index (Phi) is 5.56. The van der Waals surface area contributed by atoms with Gasteiger partial charge in [-0.15, -0.1) is 0 Å². The van der Waals surface area contributed by atoms with Crippen LogP contribution in [0.2, 0.25) is 0 Å². The molecule has 1 rings (SSSR count). The van der Waals surface area contributed by atoms with Crippen LogP contribution in [-0.2, 0) is 19.4 Å². The van der Waals surface area contributed by atoms with Crippen molar-refractivity contribution >= 4 is 21.7 Å². The summed E-state index contributed by atoms with van der Waals surface area (Å²) in [6.07, 6.45) is 1.57. The number of carbonyl (C=O) groups excluding carboxylic acids is 2. The Bertz CT molecular complexity index is 469. The van der Waals surface area contributed by atoms with Gasteiger partial charge in [0.25, 0.3) is 0 Å². The van der Waals surface area contributed by atoms with E-state index in [1.807, 2.05) is 13.8 Å². The van der Waals surface area contributed by atoms with E-state index in [4.69, 9.17) is 0 Å². The van der Waals surface area contributed by atoms with Gasteiger partial charge in [-0.3, -0.25) is 9.59 Å². The summed E-state index contributed by atoms with van der Waals surface area (Å²) in [6, 6.07) is 0. The maximum Gasteiger partial charge on any atom is 0.248 e. The molecule has 0 radical (unpaired) electrons. The van der Waals surface area contributed by atoms with Gasteiger partial charge in [0, 0.05) is 12.3 Å². The first-order valence-corrected chi connectivity index (χ1v) is 8.93. The molecule has 0 aromatic rings. The Balaban J connectivity index is 2.80. The molecule has 1 aliphatic rings. The van der Waals surface area contributed by atoms with Gasteiger partial charge >= 0.3 is 0 Å². The summed E-state index contributed by atoms with van der Waals surface area (Å²) in [5.41, 5.74) is -0.871. The molecule has 7 heteroatoms. The van der Waals surface area contributed by atoms with E-state index >= 15 is 0 Å². The van der Waals surface area contributed by atoms with Gasteiger partial charge in [-0.05, 0) is 19.3 Å². The average molecular weight is 304 g/mol. The molecule has 1 fully saturated rings. The van der Waals surface area contributed by atoms with Crippen molar-refractivity contribution in [2.75, 3.05) is 24.6 Å². The molecule has 116 valence electrons. The maximum atomic E-state index is 12.4. The van der Waals surface area contributed by atoms with Crippen molar-refractivity contribution in [3.8, 4) is 0 Å². The lowest BCUT2D eigenvalue weighted by Crippen LogP contribution is -2.66. The molecule has 2 amide bonds. The van der Waals surface area contributed by atoms with Crippen molar-refractivity contribution in [2.24, 2.45) is 0 Å². The summed E-state index contributed by atoms with van der Waals surface area (Å²) in [5.74, 6) is -0.355. The second-order valence-corrected chi connectivity index (χ2v) is 7.52. The van der Waals surface area contributed by atoms with Crippen molar-refractivity contribution in [1.29, 1.82) is 0 Å². The predicted molar refractivity (Wildman–Crippen MR) is 77.0 cm³/mol. The SMILES string of the molecule is CCCS(=O)(=O)CCN1CC(=O)NC(CC)(CC)C1=O. The van der Waals surface area contributed by atoms with Crippen molar-refractivity contribution in [1.82, 2.24) is 10.2 Å². The topological polar surface area (TPSA) is 83.6 Å². The number of rotatable bonds is 7. The van der Waals surface area contributed by atoms with Crippen LogP contribution in [0, 0.1) is 0 Å². The number of piperazine rings is 1. The van der Waals surface area contributed by atoms with E-state index in [1.54, 1.807) is 6.92 Å². The summed E-state index contributed by atoms with van der Waals surface area (Å²) in [7, 11) is -3.15.